The number of benzene rings is 2. The summed E-state index contributed by atoms with van der Waals surface area (Å²) in [6, 6.07) is 21.6. The van der Waals surface area contributed by atoms with Crippen molar-refractivity contribution in [1.29, 1.82) is 0 Å². The van der Waals surface area contributed by atoms with Gasteiger partial charge in [-0.3, -0.25) is 0 Å². The van der Waals surface area contributed by atoms with E-state index in [9.17, 15) is 0 Å². The van der Waals surface area contributed by atoms with Crippen LogP contribution in [0, 0.1) is 0 Å². The van der Waals surface area contributed by atoms with Crippen molar-refractivity contribution in [3.8, 4) is 0 Å². The first-order chi connectivity index (χ1) is 10.9. The Hall–Kier alpha value is -1.90. The van der Waals surface area contributed by atoms with Gasteiger partial charge >= 0.3 is 0 Å². The molecule has 2 unspecified atom stereocenters. The second-order valence-corrected chi connectivity index (χ2v) is 8.74. The predicted octanol–water partition coefficient (Wildman–Crippen LogP) is 5.16. The summed E-state index contributed by atoms with van der Waals surface area (Å²) < 4.78 is 0. The highest BCUT2D eigenvalue weighted by molar-refractivity contribution is 8.08. The van der Waals surface area contributed by atoms with Crippen LogP contribution in [-0.4, -0.2) is 0 Å². The molecule has 22 heavy (non-hydrogen) atoms. The Balaban J connectivity index is 1.74. The van der Waals surface area contributed by atoms with E-state index in [1.165, 1.54) is 19.6 Å². The van der Waals surface area contributed by atoms with Gasteiger partial charge in [0.15, 0.2) is 9.79 Å². The minimum atomic E-state index is 0.0489. The second kappa shape index (κ2) is 6.07. The molecule has 0 saturated heterocycles. The quantitative estimate of drug-likeness (QED) is 0.670. The molecule has 0 spiro atoms. The topological polar surface area (TPSA) is 0 Å². The standard InChI is InChI=1S/C20H16S2/c1-3-9-17(10-4-1)21-15-7-14-20-19(21)13-8-16-22(20)18-11-5-2-6-12-18/h1-16H/q+2. The minimum Gasteiger partial charge on any atom is -0.0619 e. The van der Waals surface area contributed by atoms with Crippen LogP contribution in [-0.2, 0) is 21.8 Å². The van der Waals surface area contributed by atoms with Crippen molar-refractivity contribution in [1.82, 2.24) is 0 Å². The van der Waals surface area contributed by atoms with E-state index in [1.807, 2.05) is 0 Å². The van der Waals surface area contributed by atoms with Crippen LogP contribution in [0.15, 0.2) is 115 Å². The first-order valence-corrected chi connectivity index (χ1v) is 9.85. The van der Waals surface area contributed by atoms with Gasteiger partial charge in [-0.1, -0.05) is 36.4 Å². The van der Waals surface area contributed by atoms with Gasteiger partial charge in [0.2, 0.25) is 9.81 Å². The van der Waals surface area contributed by atoms with E-state index in [2.05, 4.69) is 95.8 Å². The third-order valence-corrected chi connectivity index (χ3v) is 7.84. The molecule has 0 fully saturated rings. The predicted molar refractivity (Wildman–Crippen MR) is 98.6 cm³/mol. The monoisotopic (exact) mass is 320 g/mol. The molecule has 0 bridgehead atoms. The molecule has 0 aromatic heterocycles. The zero-order valence-corrected chi connectivity index (χ0v) is 13.7. The van der Waals surface area contributed by atoms with Gasteiger partial charge in [-0.15, -0.1) is 0 Å². The lowest BCUT2D eigenvalue weighted by molar-refractivity contribution is 1.44. The van der Waals surface area contributed by atoms with E-state index in [-0.39, 0.29) is 21.8 Å². The number of hydrogen-bond acceptors (Lipinski definition) is 0. The van der Waals surface area contributed by atoms with Crippen LogP contribution in [0.5, 0.6) is 0 Å². The maximum atomic E-state index is 2.33. The Morgan fingerprint density at radius 3 is 1.32 bits per heavy atom. The van der Waals surface area contributed by atoms with Crippen LogP contribution in [0.25, 0.3) is 0 Å². The second-order valence-electron chi connectivity index (χ2n) is 5.02. The first-order valence-electron chi connectivity index (χ1n) is 7.27. The van der Waals surface area contributed by atoms with Gasteiger partial charge in [-0.05, 0) is 36.4 Å². The molecule has 0 radical (unpaired) electrons. The third kappa shape index (κ3) is 2.49. The van der Waals surface area contributed by atoms with Gasteiger partial charge in [-0.2, -0.15) is 0 Å². The Morgan fingerprint density at radius 2 is 0.909 bits per heavy atom. The fourth-order valence-electron chi connectivity index (χ4n) is 2.63. The van der Waals surface area contributed by atoms with Crippen LogP contribution in [0.2, 0.25) is 0 Å². The van der Waals surface area contributed by atoms with Crippen LogP contribution in [0.3, 0.4) is 0 Å². The number of fused-ring (bicyclic) bond motifs is 1. The highest BCUT2D eigenvalue weighted by atomic mass is 32.2. The Labute approximate surface area is 137 Å². The molecule has 106 valence electrons. The number of rotatable bonds is 2. The van der Waals surface area contributed by atoms with Gasteiger partial charge in [0.05, 0.1) is 21.8 Å². The SMILES string of the molecule is C1=C[S+](c2ccccc2)C2=CC=C[S+](c3ccccc3)C2=C1. The largest absolute Gasteiger partial charge is 0.221 e. The van der Waals surface area contributed by atoms with Gasteiger partial charge < -0.3 is 0 Å². The molecular weight excluding hydrogens is 304 g/mol. The Bertz CT molecular complexity index is 713. The fourth-order valence-corrected chi connectivity index (χ4v) is 6.68. The lowest BCUT2D eigenvalue weighted by Gasteiger charge is -2.15. The lowest BCUT2D eigenvalue weighted by atomic mass is 10.4. The molecule has 0 aliphatic carbocycles. The van der Waals surface area contributed by atoms with E-state index in [1.54, 1.807) is 0 Å². The zero-order chi connectivity index (χ0) is 14.8. The average Bonchev–Trinajstić information content (AvgIpc) is 2.62. The summed E-state index contributed by atoms with van der Waals surface area (Å²) >= 11 is 0. The van der Waals surface area contributed by atoms with Gasteiger partial charge in [-0.25, -0.2) is 0 Å². The molecular formula is C20H16S2+2. The van der Waals surface area contributed by atoms with Gasteiger partial charge in [0.1, 0.15) is 10.8 Å². The van der Waals surface area contributed by atoms with Crippen molar-refractivity contribution in [3.63, 3.8) is 0 Å². The molecule has 2 heterocycles. The van der Waals surface area contributed by atoms with E-state index >= 15 is 0 Å². The van der Waals surface area contributed by atoms with E-state index in [4.69, 9.17) is 0 Å². The highest BCUT2D eigenvalue weighted by Gasteiger charge is 2.42. The summed E-state index contributed by atoms with van der Waals surface area (Å²) in [5.41, 5.74) is 0. The summed E-state index contributed by atoms with van der Waals surface area (Å²) in [6.45, 7) is 0. The summed E-state index contributed by atoms with van der Waals surface area (Å²) in [4.78, 5) is 5.71. The maximum Gasteiger partial charge on any atom is 0.221 e. The molecule has 0 nitrogen and oxygen atoms in total. The first kappa shape index (κ1) is 13.7. The molecule has 2 heteroatoms. The van der Waals surface area contributed by atoms with E-state index in [0.29, 0.717) is 0 Å². The fraction of sp³-hybridized carbons (Fsp3) is 0. The Kier molecular flexibility index (Phi) is 3.79. The van der Waals surface area contributed by atoms with Crippen molar-refractivity contribution < 1.29 is 0 Å². The van der Waals surface area contributed by atoms with Crippen molar-refractivity contribution in [3.05, 3.63) is 106 Å². The molecule has 4 rings (SSSR count). The minimum absolute atomic E-state index is 0.0489. The third-order valence-electron chi connectivity index (χ3n) is 3.64. The van der Waals surface area contributed by atoms with Crippen LogP contribution >= 0.6 is 0 Å². The number of allylic oxidation sites excluding steroid dienone is 4. The summed E-state index contributed by atoms with van der Waals surface area (Å²) in [6.07, 6.45) is 9.03. The number of hydrogen-bond donors (Lipinski definition) is 0. The summed E-state index contributed by atoms with van der Waals surface area (Å²) in [5.74, 6) is 0. The van der Waals surface area contributed by atoms with Crippen LogP contribution < -0.4 is 0 Å². The summed E-state index contributed by atoms with van der Waals surface area (Å²) in [5, 5.41) is 4.66. The normalized spacial score (nSPS) is 22.7. The smallest absolute Gasteiger partial charge is 0.0619 e. The molecule has 2 aliphatic heterocycles. The average molecular weight is 320 g/mol. The van der Waals surface area contributed by atoms with Crippen molar-refractivity contribution in [2.75, 3.05) is 0 Å². The molecule has 0 N–H and O–H groups in total. The molecule has 2 atom stereocenters. The molecule has 0 amide bonds. The highest BCUT2D eigenvalue weighted by Crippen LogP contribution is 2.40. The molecule has 2 aliphatic rings. The van der Waals surface area contributed by atoms with E-state index < -0.39 is 0 Å². The molecule has 2 aromatic rings. The molecule has 0 saturated carbocycles. The molecule has 2 aromatic carbocycles. The zero-order valence-electron chi connectivity index (χ0n) is 12.1. The van der Waals surface area contributed by atoms with Gasteiger partial charge in [0.25, 0.3) is 0 Å². The summed E-state index contributed by atoms with van der Waals surface area (Å²) in [7, 11) is 0.0979. The van der Waals surface area contributed by atoms with Crippen LogP contribution in [0.1, 0.15) is 0 Å². The van der Waals surface area contributed by atoms with Crippen molar-refractivity contribution >= 4 is 21.8 Å². The van der Waals surface area contributed by atoms with Gasteiger partial charge in [0, 0.05) is 12.2 Å². The maximum absolute atomic E-state index is 2.33. The lowest BCUT2D eigenvalue weighted by Crippen LogP contribution is -2.16. The van der Waals surface area contributed by atoms with Crippen molar-refractivity contribution in [2.45, 2.75) is 9.79 Å². The van der Waals surface area contributed by atoms with Crippen molar-refractivity contribution in [2.24, 2.45) is 0 Å². The Morgan fingerprint density at radius 1 is 0.500 bits per heavy atom. The van der Waals surface area contributed by atoms with Crippen LogP contribution in [0.4, 0.5) is 0 Å². The van der Waals surface area contributed by atoms with E-state index in [0.717, 1.165) is 0 Å².